The van der Waals surface area contributed by atoms with Crippen molar-refractivity contribution >= 4 is 22.1 Å². The molecule has 0 spiro atoms. The van der Waals surface area contributed by atoms with E-state index in [1.165, 1.54) is 30.9 Å². The zero-order valence-corrected chi connectivity index (χ0v) is 17.3. The Labute approximate surface area is 180 Å². The Morgan fingerprint density at radius 2 is 1.62 bits per heavy atom. The first kappa shape index (κ1) is 21.3. The van der Waals surface area contributed by atoms with Gasteiger partial charge in [-0.2, -0.15) is 9.97 Å². The number of ether oxygens (including phenoxy) is 4. The van der Waals surface area contributed by atoms with Crippen molar-refractivity contribution < 1.29 is 18.9 Å². The Morgan fingerprint density at radius 1 is 0.969 bits per heavy atom. The van der Waals surface area contributed by atoms with Gasteiger partial charge in [-0.05, 0) is 12.1 Å². The van der Waals surface area contributed by atoms with Gasteiger partial charge < -0.3 is 23.9 Å². The van der Waals surface area contributed by atoms with Gasteiger partial charge in [0.25, 0.3) is 5.56 Å². The number of aromatic nitrogens is 6. The molecule has 32 heavy (non-hydrogen) atoms. The van der Waals surface area contributed by atoms with Crippen molar-refractivity contribution in [3.05, 3.63) is 57.4 Å². The Balaban J connectivity index is 0.000000165. The van der Waals surface area contributed by atoms with Gasteiger partial charge in [0.2, 0.25) is 5.56 Å². The summed E-state index contributed by atoms with van der Waals surface area (Å²) in [7, 11) is 2.96. The van der Waals surface area contributed by atoms with Crippen LogP contribution >= 0.6 is 0 Å². The number of fused-ring (bicyclic) bond motifs is 2. The first-order valence-corrected chi connectivity index (χ1v) is 9.61. The van der Waals surface area contributed by atoms with Crippen LogP contribution in [-0.4, -0.2) is 63.2 Å². The summed E-state index contributed by atoms with van der Waals surface area (Å²) in [6.45, 7) is 1.39. The van der Waals surface area contributed by atoms with Crippen molar-refractivity contribution in [2.24, 2.45) is 0 Å². The van der Waals surface area contributed by atoms with Crippen LogP contribution in [0.2, 0.25) is 0 Å². The van der Waals surface area contributed by atoms with Crippen LogP contribution in [0.3, 0.4) is 0 Å². The molecule has 12 nitrogen and oxygen atoms in total. The predicted octanol–water partition coefficient (Wildman–Crippen LogP) is 0.500. The lowest BCUT2D eigenvalue weighted by Crippen LogP contribution is -2.27. The maximum absolute atomic E-state index is 12.0. The highest BCUT2D eigenvalue weighted by Crippen LogP contribution is 2.14. The lowest BCUT2D eigenvalue weighted by Gasteiger charge is -2.13. The smallest absolute Gasteiger partial charge is 0.318 e. The van der Waals surface area contributed by atoms with Crippen molar-refractivity contribution in [3.8, 4) is 12.0 Å². The zero-order valence-electron chi connectivity index (χ0n) is 17.3. The first-order chi connectivity index (χ1) is 15.6. The number of nitrogens with zero attached hydrogens (tertiary/aromatic N) is 5. The van der Waals surface area contributed by atoms with Gasteiger partial charge in [0, 0.05) is 35.3 Å². The van der Waals surface area contributed by atoms with Gasteiger partial charge in [0.15, 0.2) is 6.29 Å². The van der Waals surface area contributed by atoms with Crippen LogP contribution in [0.5, 0.6) is 12.0 Å². The molecule has 4 aromatic heterocycles. The molecule has 0 saturated carbocycles. The van der Waals surface area contributed by atoms with E-state index in [0.717, 1.165) is 10.8 Å². The molecule has 5 heterocycles. The molecular weight excluding hydrogens is 420 g/mol. The quantitative estimate of drug-likeness (QED) is 0.476. The van der Waals surface area contributed by atoms with Crippen LogP contribution in [-0.2, 0) is 16.0 Å². The van der Waals surface area contributed by atoms with Gasteiger partial charge in [-0.15, -0.1) is 0 Å². The molecule has 1 aliphatic rings. The fraction of sp³-hybridized carbons (Fsp3) is 0.300. The van der Waals surface area contributed by atoms with E-state index in [0.29, 0.717) is 31.1 Å². The Hall–Kier alpha value is -3.90. The molecule has 1 fully saturated rings. The molecule has 166 valence electrons. The third kappa shape index (κ3) is 4.71. The molecule has 1 saturated heterocycles. The number of H-pyrrole nitrogens is 1. The molecular formula is C20H20N6O6. The number of methoxy groups -OCH3 is 2. The first-order valence-electron chi connectivity index (χ1n) is 9.61. The minimum absolute atomic E-state index is 0.160. The molecule has 0 aromatic carbocycles. The fourth-order valence-electron chi connectivity index (χ4n) is 3.01. The van der Waals surface area contributed by atoms with E-state index in [2.05, 4.69) is 24.9 Å². The summed E-state index contributed by atoms with van der Waals surface area (Å²) in [4.78, 5) is 41.6. The number of hydrogen-bond acceptors (Lipinski definition) is 10. The van der Waals surface area contributed by atoms with Crippen LogP contribution in [0.4, 0.5) is 0 Å². The van der Waals surface area contributed by atoms with Gasteiger partial charge in [0.1, 0.15) is 11.3 Å². The van der Waals surface area contributed by atoms with Crippen LogP contribution in [0.1, 0.15) is 0 Å². The average molecular weight is 440 g/mol. The van der Waals surface area contributed by atoms with Crippen molar-refractivity contribution in [1.29, 1.82) is 0 Å². The van der Waals surface area contributed by atoms with E-state index in [-0.39, 0.29) is 23.1 Å². The zero-order chi connectivity index (χ0) is 22.5. The number of pyridine rings is 2. The van der Waals surface area contributed by atoms with E-state index in [9.17, 15) is 9.59 Å². The average Bonchev–Trinajstić information content (AvgIpc) is 3.34. The standard InChI is InChI=1S/C12H13N3O4.C8H7N3O2/c1-17-12-13-6-8-2-3-9(16)15(11(8)14-12)7-10-18-4-5-19-10;1-13-8-9-4-5-2-3-6(12)10-7(5)11-8/h2-3,6,10H,4-5,7H2,1H3;2-4H,1H3,(H,9,10,11,12). The highest BCUT2D eigenvalue weighted by Gasteiger charge is 2.18. The second-order valence-corrected chi connectivity index (χ2v) is 6.57. The topological polar surface area (TPSA) is 143 Å². The minimum Gasteiger partial charge on any atom is -0.467 e. The summed E-state index contributed by atoms with van der Waals surface area (Å²) in [5, 5.41) is 1.54. The van der Waals surface area contributed by atoms with Crippen LogP contribution < -0.4 is 20.6 Å². The van der Waals surface area contributed by atoms with E-state index in [4.69, 9.17) is 18.9 Å². The second kappa shape index (κ2) is 9.49. The van der Waals surface area contributed by atoms with Crippen LogP contribution in [0.15, 0.2) is 46.2 Å². The summed E-state index contributed by atoms with van der Waals surface area (Å²) in [6, 6.07) is 6.72. The Kier molecular flexibility index (Phi) is 6.33. The number of nitrogens with one attached hydrogen (secondary N) is 1. The number of hydrogen-bond donors (Lipinski definition) is 1. The molecule has 0 atom stereocenters. The van der Waals surface area contributed by atoms with Crippen molar-refractivity contribution in [2.45, 2.75) is 12.8 Å². The molecule has 1 aliphatic heterocycles. The molecule has 5 rings (SSSR count). The third-order valence-electron chi connectivity index (χ3n) is 4.54. The number of aromatic amines is 1. The van der Waals surface area contributed by atoms with Crippen molar-refractivity contribution in [2.75, 3.05) is 27.4 Å². The summed E-state index contributed by atoms with van der Waals surface area (Å²) in [5.74, 6) is 0. The van der Waals surface area contributed by atoms with Gasteiger partial charge in [-0.1, -0.05) is 0 Å². The number of rotatable bonds is 4. The largest absolute Gasteiger partial charge is 0.467 e. The second-order valence-electron chi connectivity index (χ2n) is 6.57. The summed E-state index contributed by atoms with van der Waals surface area (Å²) >= 11 is 0. The van der Waals surface area contributed by atoms with Crippen molar-refractivity contribution in [1.82, 2.24) is 29.5 Å². The van der Waals surface area contributed by atoms with E-state index in [1.807, 2.05) is 0 Å². The Morgan fingerprint density at radius 3 is 2.34 bits per heavy atom. The Bertz CT molecular complexity index is 1350. The van der Waals surface area contributed by atoms with Crippen molar-refractivity contribution in [3.63, 3.8) is 0 Å². The molecule has 1 N–H and O–H groups in total. The highest BCUT2D eigenvalue weighted by molar-refractivity contribution is 5.74. The molecule has 0 bridgehead atoms. The predicted molar refractivity (Wildman–Crippen MR) is 113 cm³/mol. The van der Waals surface area contributed by atoms with Gasteiger partial charge in [-0.25, -0.2) is 9.97 Å². The van der Waals surface area contributed by atoms with Gasteiger partial charge >= 0.3 is 12.0 Å². The van der Waals surface area contributed by atoms with Crippen LogP contribution in [0, 0.1) is 0 Å². The van der Waals surface area contributed by atoms with E-state index in [1.54, 1.807) is 24.5 Å². The molecule has 0 amide bonds. The highest BCUT2D eigenvalue weighted by atomic mass is 16.7. The molecule has 0 aliphatic carbocycles. The van der Waals surface area contributed by atoms with E-state index < -0.39 is 6.29 Å². The molecule has 0 radical (unpaired) electrons. The lowest BCUT2D eigenvalue weighted by molar-refractivity contribution is -0.0523. The summed E-state index contributed by atoms with van der Waals surface area (Å²) in [5.41, 5.74) is 0.651. The normalized spacial score (nSPS) is 13.7. The van der Waals surface area contributed by atoms with Gasteiger partial charge in [0.05, 0.1) is 34.0 Å². The van der Waals surface area contributed by atoms with Gasteiger partial charge in [-0.3, -0.25) is 14.2 Å². The minimum atomic E-state index is -0.413. The summed E-state index contributed by atoms with van der Waals surface area (Å²) < 4.78 is 22.0. The maximum Gasteiger partial charge on any atom is 0.318 e. The monoisotopic (exact) mass is 440 g/mol. The van der Waals surface area contributed by atoms with Crippen LogP contribution in [0.25, 0.3) is 22.1 Å². The lowest BCUT2D eigenvalue weighted by atomic mass is 10.3. The molecule has 12 heteroatoms. The van der Waals surface area contributed by atoms with E-state index >= 15 is 0 Å². The third-order valence-corrected chi connectivity index (χ3v) is 4.54. The molecule has 0 unspecified atom stereocenters. The maximum atomic E-state index is 12.0. The summed E-state index contributed by atoms with van der Waals surface area (Å²) in [6.07, 6.45) is 2.80. The SMILES string of the molecule is COc1ncc2ccc(=O)[nH]c2n1.COc1ncc2ccc(=O)n(CC3OCCO3)c2n1. The fourth-order valence-corrected chi connectivity index (χ4v) is 3.01. The molecule has 4 aromatic rings.